The predicted octanol–water partition coefficient (Wildman–Crippen LogP) is 3.66. The van der Waals surface area contributed by atoms with E-state index in [1.54, 1.807) is 25.1 Å². The molecule has 0 spiro atoms. The van der Waals surface area contributed by atoms with Gasteiger partial charge in [0.25, 0.3) is 17.7 Å². The third kappa shape index (κ3) is 5.89. The normalized spacial score (nSPS) is 11.9. The Labute approximate surface area is 198 Å². The second-order valence-electron chi connectivity index (χ2n) is 7.62. The summed E-state index contributed by atoms with van der Waals surface area (Å²) in [6.07, 6.45) is 2.64. The summed E-state index contributed by atoms with van der Waals surface area (Å²) in [5.74, 6) is -1.24. The predicted molar refractivity (Wildman–Crippen MR) is 133 cm³/mol. The molecule has 0 saturated carbocycles. The third-order valence-electron chi connectivity index (χ3n) is 5.39. The zero-order chi connectivity index (χ0) is 24.5. The molecule has 0 radical (unpaired) electrons. The van der Waals surface area contributed by atoms with Crippen molar-refractivity contribution in [3.8, 4) is 0 Å². The quantitative estimate of drug-likeness (QED) is 0.307. The molecule has 0 fully saturated rings. The van der Waals surface area contributed by atoms with Crippen LogP contribution in [0.3, 0.4) is 0 Å². The van der Waals surface area contributed by atoms with Gasteiger partial charge in [-0.15, -0.1) is 0 Å². The first kappa shape index (κ1) is 24.3. The van der Waals surface area contributed by atoms with Crippen molar-refractivity contribution in [2.45, 2.75) is 26.4 Å². The van der Waals surface area contributed by atoms with Crippen molar-refractivity contribution in [2.24, 2.45) is 0 Å². The van der Waals surface area contributed by atoms with Crippen molar-refractivity contribution in [2.75, 3.05) is 0 Å². The van der Waals surface area contributed by atoms with E-state index < -0.39 is 11.8 Å². The zero-order valence-corrected chi connectivity index (χ0v) is 19.2. The fourth-order valence-corrected chi connectivity index (χ4v) is 3.62. The van der Waals surface area contributed by atoms with Gasteiger partial charge in [0.1, 0.15) is 0 Å². The summed E-state index contributed by atoms with van der Waals surface area (Å²) < 4.78 is 0. The first-order valence-electron chi connectivity index (χ1n) is 10.9. The number of hydrazine groups is 1. The molecule has 34 heavy (non-hydrogen) atoms. The highest BCUT2D eigenvalue weighted by Crippen LogP contribution is 2.24. The van der Waals surface area contributed by atoms with E-state index in [4.69, 9.17) is 0 Å². The van der Waals surface area contributed by atoms with Gasteiger partial charge in [0.15, 0.2) is 0 Å². The number of carbonyl (C=O) groups is 3. The number of fused-ring (bicyclic) bond motifs is 1. The molecule has 3 aromatic rings. The summed E-state index contributed by atoms with van der Waals surface area (Å²) >= 11 is 0. The van der Waals surface area contributed by atoms with E-state index in [9.17, 15) is 14.4 Å². The first-order chi connectivity index (χ1) is 16.4. The van der Waals surface area contributed by atoms with Gasteiger partial charge in [-0.2, -0.15) is 0 Å². The SMILES string of the molecule is C=CC(=O)NNC(=O)/C(=C\C)NCc1ccccc1C(=O)NC(C)c1cccc2ccccc12. The lowest BCUT2D eigenvalue weighted by Gasteiger charge is -2.18. The second kappa shape index (κ2) is 11.5. The third-order valence-corrected chi connectivity index (χ3v) is 5.39. The summed E-state index contributed by atoms with van der Waals surface area (Å²) in [7, 11) is 0. The highest BCUT2D eigenvalue weighted by atomic mass is 16.2. The van der Waals surface area contributed by atoms with Crippen molar-refractivity contribution in [1.29, 1.82) is 0 Å². The number of carbonyl (C=O) groups excluding carboxylic acids is 3. The maximum Gasteiger partial charge on any atom is 0.285 e. The topological polar surface area (TPSA) is 99.3 Å². The van der Waals surface area contributed by atoms with Crippen LogP contribution in [-0.2, 0) is 16.1 Å². The van der Waals surface area contributed by atoms with Crippen molar-refractivity contribution in [3.05, 3.63) is 108 Å². The van der Waals surface area contributed by atoms with Crippen LogP contribution in [0.2, 0.25) is 0 Å². The molecule has 3 rings (SSSR count). The second-order valence-corrected chi connectivity index (χ2v) is 7.62. The standard InChI is InChI=1S/C27H28N4O3/c1-4-24(27(34)31-30-25(32)5-2)28-17-20-12-7-9-15-23(20)26(33)29-18(3)21-16-10-13-19-11-6-8-14-22(19)21/h4-16,18,28H,2,17H2,1,3H3,(H,29,33)(H,30,32)(H,31,34)/b24-4+. The number of allylic oxidation sites excluding steroid dienone is 1. The number of amides is 3. The Hall–Kier alpha value is -4.39. The number of benzene rings is 3. The minimum absolute atomic E-state index is 0.204. The molecule has 0 aliphatic heterocycles. The smallest absolute Gasteiger partial charge is 0.285 e. The molecule has 3 aromatic carbocycles. The molecule has 3 amide bonds. The zero-order valence-electron chi connectivity index (χ0n) is 19.2. The minimum Gasteiger partial charge on any atom is -0.377 e. The Morgan fingerprint density at radius 1 is 0.941 bits per heavy atom. The van der Waals surface area contributed by atoms with E-state index in [0.29, 0.717) is 5.56 Å². The van der Waals surface area contributed by atoms with E-state index in [-0.39, 0.29) is 24.2 Å². The average Bonchev–Trinajstić information content (AvgIpc) is 2.87. The average molecular weight is 457 g/mol. The van der Waals surface area contributed by atoms with Crippen molar-refractivity contribution < 1.29 is 14.4 Å². The molecule has 7 heteroatoms. The van der Waals surface area contributed by atoms with E-state index in [0.717, 1.165) is 28.0 Å². The van der Waals surface area contributed by atoms with Crippen molar-refractivity contribution in [3.63, 3.8) is 0 Å². The van der Waals surface area contributed by atoms with Crippen molar-refractivity contribution >= 4 is 28.5 Å². The van der Waals surface area contributed by atoms with E-state index in [1.807, 2.05) is 61.5 Å². The molecular weight excluding hydrogens is 428 g/mol. The number of nitrogens with one attached hydrogen (secondary N) is 4. The van der Waals surface area contributed by atoms with Crippen LogP contribution in [0.25, 0.3) is 10.8 Å². The molecule has 0 saturated heterocycles. The van der Waals surface area contributed by atoms with Gasteiger partial charge in [-0.05, 0) is 47.9 Å². The summed E-state index contributed by atoms with van der Waals surface area (Å²) in [4.78, 5) is 36.7. The highest BCUT2D eigenvalue weighted by Gasteiger charge is 2.17. The summed E-state index contributed by atoms with van der Waals surface area (Å²) in [6.45, 7) is 7.23. The molecule has 0 aromatic heterocycles. The fraction of sp³-hybridized carbons (Fsp3) is 0.148. The maximum atomic E-state index is 13.2. The number of hydrogen-bond acceptors (Lipinski definition) is 4. The Kier molecular flexibility index (Phi) is 8.18. The van der Waals surface area contributed by atoms with Gasteiger partial charge >= 0.3 is 0 Å². The lowest BCUT2D eigenvalue weighted by atomic mass is 9.99. The van der Waals surface area contributed by atoms with Crippen LogP contribution < -0.4 is 21.5 Å². The molecule has 7 nitrogen and oxygen atoms in total. The van der Waals surface area contributed by atoms with Gasteiger partial charge in [-0.3, -0.25) is 25.2 Å². The fourth-order valence-electron chi connectivity index (χ4n) is 3.62. The van der Waals surface area contributed by atoms with Gasteiger partial charge in [0, 0.05) is 12.1 Å². The Balaban J connectivity index is 1.70. The highest BCUT2D eigenvalue weighted by molar-refractivity contribution is 5.97. The largest absolute Gasteiger partial charge is 0.377 e. The molecule has 174 valence electrons. The van der Waals surface area contributed by atoms with Gasteiger partial charge in [0.05, 0.1) is 11.7 Å². The lowest BCUT2D eigenvalue weighted by Crippen LogP contribution is -2.43. The number of rotatable bonds is 8. The maximum absolute atomic E-state index is 13.2. The molecular formula is C27H28N4O3. The first-order valence-corrected chi connectivity index (χ1v) is 10.9. The lowest BCUT2D eigenvalue weighted by molar-refractivity contribution is -0.124. The van der Waals surface area contributed by atoms with Crippen LogP contribution in [0.15, 0.2) is 91.2 Å². The molecule has 1 unspecified atom stereocenters. The van der Waals surface area contributed by atoms with Gasteiger partial charge in [-0.25, -0.2) is 0 Å². The summed E-state index contributed by atoms with van der Waals surface area (Å²) in [5.41, 5.74) is 7.05. The van der Waals surface area contributed by atoms with Crippen LogP contribution in [0.4, 0.5) is 0 Å². The van der Waals surface area contributed by atoms with E-state index in [2.05, 4.69) is 28.1 Å². The Morgan fingerprint density at radius 2 is 1.65 bits per heavy atom. The van der Waals surface area contributed by atoms with Crippen LogP contribution in [-0.4, -0.2) is 17.7 Å². The van der Waals surface area contributed by atoms with Gasteiger partial charge in [0.2, 0.25) is 0 Å². The van der Waals surface area contributed by atoms with E-state index in [1.165, 1.54) is 0 Å². The Morgan fingerprint density at radius 3 is 2.41 bits per heavy atom. The molecule has 0 heterocycles. The van der Waals surface area contributed by atoms with Crippen LogP contribution in [0.5, 0.6) is 0 Å². The molecule has 1 atom stereocenters. The number of hydrogen-bond donors (Lipinski definition) is 4. The van der Waals surface area contributed by atoms with Gasteiger partial charge in [-0.1, -0.05) is 73.3 Å². The van der Waals surface area contributed by atoms with E-state index >= 15 is 0 Å². The summed E-state index contributed by atoms with van der Waals surface area (Å²) in [6, 6.07) is 21.1. The molecule has 0 bridgehead atoms. The van der Waals surface area contributed by atoms with Gasteiger partial charge < -0.3 is 10.6 Å². The molecule has 4 N–H and O–H groups in total. The molecule has 0 aliphatic carbocycles. The minimum atomic E-state index is -0.522. The summed E-state index contributed by atoms with van der Waals surface area (Å²) in [5, 5.41) is 8.33. The van der Waals surface area contributed by atoms with Crippen LogP contribution >= 0.6 is 0 Å². The molecule has 0 aliphatic rings. The Bertz CT molecular complexity index is 1240. The van der Waals surface area contributed by atoms with Crippen LogP contribution in [0, 0.1) is 0 Å². The van der Waals surface area contributed by atoms with Crippen LogP contribution in [0.1, 0.15) is 41.4 Å². The van der Waals surface area contributed by atoms with Crippen molar-refractivity contribution in [1.82, 2.24) is 21.5 Å². The monoisotopic (exact) mass is 456 g/mol.